The zero-order valence-electron chi connectivity index (χ0n) is 18.9. The van der Waals surface area contributed by atoms with Crippen LogP contribution in [0.4, 0.5) is 11.5 Å². The quantitative estimate of drug-likeness (QED) is 0.412. The number of benzene rings is 1. The molecule has 0 aliphatic heterocycles. The van der Waals surface area contributed by atoms with Gasteiger partial charge in [-0.05, 0) is 30.7 Å². The summed E-state index contributed by atoms with van der Waals surface area (Å²) in [7, 11) is 4.06. The lowest BCUT2D eigenvalue weighted by molar-refractivity contribution is 1.04. The molecule has 0 aliphatic carbocycles. The number of fused-ring (bicyclic) bond motifs is 1. The smallest absolute Gasteiger partial charge is 0.180 e. The zero-order valence-corrected chi connectivity index (χ0v) is 18.9. The molecule has 5 aromatic rings. The molecule has 5 rings (SSSR count). The van der Waals surface area contributed by atoms with Gasteiger partial charge in [-0.1, -0.05) is 30.3 Å². The molecule has 7 heteroatoms. The van der Waals surface area contributed by atoms with Crippen molar-refractivity contribution in [3.63, 3.8) is 0 Å². The van der Waals surface area contributed by atoms with Gasteiger partial charge >= 0.3 is 0 Å². The van der Waals surface area contributed by atoms with E-state index in [1.54, 1.807) is 6.20 Å². The fourth-order valence-corrected chi connectivity index (χ4v) is 3.90. The molecule has 0 bridgehead atoms. The molecule has 0 radical (unpaired) electrons. The summed E-state index contributed by atoms with van der Waals surface area (Å²) < 4.78 is 2.06. The van der Waals surface area contributed by atoms with Crippen molar-refractivity contribution in [1.82, 2.24) is 24.3 Å². The lowest BCUT2D eigenvalue weighted by Gasteiger charge is -2.18. The van der Waals surface area contributed by atoms with Crippen LogP contribution in [0.2, 0.25) is 0 Å². The summed E-state index contributed by atoms with van der Waals surface area (Å²) in [6, 6.07) is 16.4. The fraction of sp³-hybridized carbons (Fsp3) is 0.154. The third-order valence-electron chi connectivity index (χ3n) is 5.53. The van der Waals surface area contributed by atoms with Crippen molar-refractivity contribution in [3.05, 3.63) is 90.8 Å². The van der Waals surface area contributed by atoms with E-state index in [1.807, 2.05) is 70.1 Å². The van der Waals surface area contributed by atoms with Gasteiger partial charge in [0, 0.05) is 62.2 Å². The van der Waals surface area contributed by atoms with Crippen molar-refractivity contribution in [2.45, 2.75) is 13.5 Å². The summed E-state index contributed by atoms with van der Waals surface area (Å²) in [5.41, 5.74) is 8.02. The van der Waals surface area contributed by atoms with Crippen LogP contribution in [0.25, 0.3) is 28.2 Å². The first-order valence-electron chi connectivity index (χ1n) is 10.8. The molecule has 4 heterocycles. The summed E-state index contributed by atoms with van der Waals surface area (Å²) in [6.07, 6.45) is 9.34. The van der Waals surface area contributed by atoms with Gasteiger partial charge in [-0.25, -0.2) is 9.97 Å². The van der Waals surface area contributed by atoms with Crippen LogP contribution in [0.5, 0.6) is 0 Å². The average molecular weight is 436 g/mol. The highest BCUT2D eigenvalue weighted by Crippen LogP contribution is 2.29. The van der Waals surface area contributed by atoms with Crippen LogP contribution < -0.4 is 10.2 Å². The van der Waals surface area contributed by atoms with Crippen LogP contribution in [-0.4, -0.2) is 38.4 Å². The largest absolute Gasteiger partial charge is 0.376 e. The minimum Gasteiger partial charge on any atom is -0.376 e. The molecule has 1 aromatic carbocycles. The van der Waals surface area contributed by atoms with E-state index in [0.717, 1.165) is 50.9 Å². The Kier molecular flexibility index (Phi) is 5.44. The van der Waals surface area contributed by atoms with E-state index >= 15 is 0 Å². The van der Waals surface area contributed by atoms with Crippen molar-refractivity contribution in [1.29, 1.82) is 0 Å². The number of nitrogens with zero attached hydrogens (tertiary/aromatic N) is 6. The van der Waals surface area contributed by atoms with Crippen LogP contribution >= 0.6 is 0 Å². The molecular formula is C26H25N7. The Bertz CT molecular complexity index is 1410. The van der Waals surface area contributed by atoms with Crippen molar-refractivity contribution in [2.75, 3.05) is 24.3 Å². The van der Waals surface area contributed by atoms with Gasteiger partial charge in [0.2, 0.25) is 0 Å². The molecular weight excluding hydrogens is 410 g/mol. The number of rotatable bonds is 6. The van der Waals surface area contributed by atoms with Crippen molar-refractivity contribution < 1.29 is 0 Å². The molecule has 0 amide bonds. The highest BCUT2D eigenvalue weighted by Gasteiger charge is 2.13. The summed E-state index contributed by atoms with van der Waals surface area (Å²) >= 11 is 0. The van der Waals surface area contributed by atoms with Crippen LogP contribution in [0.15, 0.2) is 79.5 Å². The number of pyridine rings is 2. The second-order valence-corrected chi connectivity index (χ2v) is 8.12. The van der Waals surface area contributed by atoms with Crippen LogP contribution in [0.3, 0.4) is 0 Å². The molecule has 164 valence electrons. The second-order valence-electron chi connectivity index (χ2n) is 8.12. The highest BCUT2D eigenvalue weighted by molar-refractivity contribution is 5.75. The van der Waals surface area contributed by atoms with Gasteiger partial charge in [-0.3, -0.25) is 14.4 Å². The lowest BCUT2D eigenvalue weighted by Crippen LogP contribution is -2.12. The van der Waals surface area contributed by atoms with E-state index < -0.39 is 0 Å². The van der Waals surface area contributed by atoms with Gasteiger partial charge in [0.1, 0.15) is 0 Å². The van der Waals surface area contributed by atoms with Gasteiger partial charge in [0.05, 0.1) is 23.3 Å². The second kappa shape index (κ2) is 8.70. The molecule has 0 unspecified atom stereocenters. The number of hydrogen-bond acceptors (Lipinski definition) is 6. The van der Waals surface area contributed by atoms with Crippen molar-refractivity contribution in [3.8, 4) is 22.5 Å². The molecule has 0 saturated heterocycles. The Morgan fingerprint density at radius 1 is 0.879 bits per heavy atom. The van der Waals surface area contributed by atoms with Gasteiger partial charge in [-0.2, -0.15) is 0 Å². The summed E-state index contributed by atoms with van der Waals surface area (Å²) in [4.78, 5) is 20.3. The number of aryl methyl sites for hydroxylation is 1. The highest BCUT2D eigenvalue weighted by atomic mass is 15.1. The molecule has 0 atom stereocenters. The molecule has 0 spiro atoms. The van der Waals surface area contributed by atoms with E-state index in [0.29, 0.717) is 6.54 Å². The summed E-state index contributed by atoms with van der Waals surface area (Å²) in [5, 5.41) is 3.44. The summed E-state index contributed by atoms with van der Waals surface area (Å²) in [5.74, 6) is 0.736. The predicted octanol–water partition coefficient (Wildman–Crippen LogP) is 4.84. The number of anilines is 2. The Balaban J connectivity index is 1.43. The van der Waals surface area contributed by atoms with E-state index in [-0.39, 0.29) is 0 Å². The molecule has 4 aromatic heterocycles. The molecule has 0 saturated carbocycles. The fourth-order valence-electron chi connectivity index (χ4n) is 3.90. The van der Waals surface area contributed by atoms with E-state index in [2.05, 4.69) is 53.8 Å². The minimum atomic E-state index is 0.587. The average Bonchev–Trinajstić information content (AvgIpc) is 3.28. The monoisotopic (exact) mass is 435 g/mol. The lowest BCUT2D eigenvalue weighted by atomic mass is 10.1. The standard InChI is InChI=1S/C26H25N7/c1-18-13-21(9-10-27-18)24-22(32(2)3)14-19(15-29-24)16-30-25-26-31-17-23(33(26)12-11-28-25)20-7-5-4-6-8-20/h4-15,17H,16H2,1-3H3,(H,28,30). The first-order chi connectivity index (χ1) is 16.1. The Labute approximate surface area is 192 Å². The molecule has 0 aliphatic rings. The van der Waals surface area contributed by atoms with Gasteiger partial charge in [0.15, 0.2) is 11.5 Å². The minimum absolute atomic E-state index is 0.587. The van der Waals surface area contributed by atoms with Crippen molar-refractivity contribution >= 4 is 17.2 Å². The normalized spacial score (nSPS) is 11.0. The number of aromatic nitrogens is 5. The first kappa shape index (κ1) is 20.6. The Hall–Kier alpha value is -4.26. The first-order valence-corrected chi connectivity index (χ1v) is 10.8. The third-order valence-corrected chi connectivity index (χ3v) is 5.53. The number of hydrogen-bond donors (Lipinski definition) is 1. The molecule has 0 fully saturated rings. The van der Waals surface area contributed by atoms with Crippen LogP contribution in [0, 0.1) is 6.92 Å². The van der Waals surface area contributed by atoms with E-state index in [4.69, 9.17) is 4.98 Å². The maximum Gasteiger partial charge on any atom is 0.180 e. The molecule has 1 N–H and O–H groups in total. The van der Waals surface area contributed by atoms with Crippen LogP contribution in [-0.2, 0) is 6.54 Å². The van der Waals surface area contributed by atoms with Gasteiger partial charge in [-0.15, -0.1) is 0 Å². The van der Waals surface area contributed by atoms with Crippen LogP contribution in [0.1, 0.15) is 11.3 Å². The van der Waals surface area contributed by atoms with E-state index in [9.17, 15) is 0 Å². The maximum absolute atomic E-state index is 4.78. The summed E-state index contributed by atoms with van der Waals surface area (Å²) in [6.45, 7) is 2.58. The van der Waals surface area contributed by atoms with Gasteiger partial charge < -0.3 is 10.2 Å². The molecule has 33 heavy (non-hydrogen) atoms. The zero-order chi connectivity index (χ0) is 22.8. The molecule has 7 nitrogen and oxygen atoms in total. The van der Waals surface area contributed by atoms with E-state index in [1.165, 1.54) is 0 Å². The Morgan fingerprint density at radius 3 is 2.52 bits per heavy atom. The SMILES string of the molecule is Cc1cc(-c2ncc(CNc3nccn4c(-c5ccccc5)cnc34)cc2N(C)C)ccn1. The van der Waals surface area contributed by atoms with Gasteiger partial charge in [0.25, 0.3) is 0 Å². The number of imidazole rings is 1. The Morgan fingerprint density at radius 2 is 1.73 bits per heavy atom. The number of nitrogens with one attached hydrogen (secondary N) is 1. The topological polar surface area (TPSA) is 71.2 Å². The predicted molar refractivity (Wildman–Crippen MR) is 132 cm³/mol. The third kappa shape index (κ3) is 4.13. The maximum atomic E-state index is 4.78. The van der Waals surface area contributed by atoms with Crippen molar-refractivity contribution in [2.24, 2.45) is 0 Å².